The number of hydrogen-bond acceptors (Lipinski definition) is 3. The van der Waals surface area contributed by atoms with Gasteiger partial charge in [-0.05, 0) is 6.07 Å². The molecule has 0 aromatic carbocycles. The van der Waals surface area contributed by atoms with Crippen LogP contribution in [-0.2, 0) is 0 Å². The van der Waals surface area contributed by atoms with Crippen LogP contribution in [0.25, 0.3) is 0 Å². The minimum absolute atomic E-state index is 0.813. The molecule has 0 aliphatic carbocycles. The second-order valence-electron chi connectivity index (χ2n) is 1.68. The van der Waals surface area contributed by atoms with Gasteiger partial charge in [0.25, 0.3) is 0 Å². The van der Waals surface area contributed by atoms with E-state index in [2.05, 4.69) is 4.98 Å². The molecule has 1 aromatic heterocycles. The molecule has 0 saturated carbocycles. The van der Waals surface area contributed by atoms with Gasteiger partial charge in [-0.2, -0.15) is 0 Å². The van der Waals surface area contributed by atoms with Gasteiger partial charge in [-0.1, -0.05) is 0 Å². The molecule has 1 aliphatic rings. The Balaban J connectivity index is 2.58. The molecule has 3 heteroatoms. The molecule has 0 bridgehead atoms. The van der Waals surface area contributed by atoms with Crippen LogP contribution >= 0.6 is 0 Å². The Bertz CT molecular complexity index is 200. The highest BCUT2D eigenvalue weighted by Gasteiger charge is 2.26. The lowest BCUT2D eigenvalue weighted by Crippen LogP contribution is -1.83. The van der Waals surface area contributed by atoms with Crippen molar-refractivity contribution in [2.24, 2.45) is 0 Å². The Hall–Kier alpha value is -1.09. The predicted octanol–water partition coefficient (Wildman–Crippen LogP) is 0.922. The van der Waals surface area contributed by atoms with Crippen molar-refractivity contribution < 1.29 is 5.21 Å². The molecule has 0 fully saturated rings. The van der Waals surface area contributed by atoms with E-state index in [1.54, 1.807) is 18.5 Å². The molecule has 1 N–H and O–H groups in total. The van der Waals surface area contributed by atoms with E-state index in [-0.39, 0.29) is 0 Å². The molecule has 2 rings (SSSR count). The van der Waals surface area contributed by atoms with E-state index in [9.17, 15) is 0 Å². The lowest BCUT2D eigenvalue weighted by atomic mass is 10.5. The maximum absolute atomic E-state index is 8.74. The van der Waals surface area contributed by atoms with Gasteiger partial charge in [0.15, 0.2) is 0 Å². The number of nitrogens with zero attached hydrogens (tertiary/aromatic N) is 2. The van der Waals surface area contributed by atoms with Crippen molar-refractivity contribution in [3.63, 3.8) is 0 Å². The smallest absolute Gasteiger partial charge is 0.114 e. The van der Waals surface area contributed by atoms with Crippen molar-refractivity contribution in [1.29, 1.82) is 0 Å². The lowest BCUT2D eigenvalue weighted by Gasteiger charge is -1.77. The van der Waals surface area contributed by atoms with Crippen LogP contribution < -0.4 is 5.06 Å². The number of pyridine rings is 1. The standard InChI is InChI=1S/C5H4N2O/c8-7-4-1-2-6-3-5(4)7/h1-3,8H. The fourth-order valence-electron chi connectivity index (χ4n) is 0.686. The van der Waals surface area contributed by atoms with Crippen LogP contribution in [0.2, 0.25) is 0 Å². The van der Waals surface area contributed by atoms with Crippen molar-refractivity contribution in [3.05, 3.63) is 18.5 Å². The van der Waals surface area contributed by atoms with Gasteiger partial charge in [-0.3, -0.25) is 10.2 Å². The van der Waals surface area contributed by atoms with E-state index >= 15 is 0 Å². The van der Waals surface area contributed by atoms with Crippen LogP contribution in [0.15, 0.2) is 18.5 Å². The van der Waals surface area contributed by atoms with Gasteiger partial charge in [0, 0.05) is 6.20 Å². The summed E-state index contributed by atoms with van der Waals surface area (Å²) in [6.07, 6.45) is 3.27. The zero-order valence-corrected chi connectivity index (χ0v) is 4.07. The summed E-state index contributed by atoms with van der Waals surface area (Å²) in [5.74, 6) is 0. The molecule has 40 valence electrons. The summed E-state index contributed by atoms with van der Waals surface area (Å²) in [7, 11) is 0. The zero-order chi connectivity index (χ0) is 5.56. The summed E-state index contributed by atoms with van der Waals surface area (Å²) in [5.41, 5.74) is 1.67. The van der Waals surface area contributed by atoms with Crippen molar-refractivity contribution in [2.45, 2.75) is 0 Å². The van der Waals surface area contributed by atoms with Gasteiger partial charge in [0.1, 0.15) is 5.69 Å². The number of anilines is 2. The van der Waals surface area contributed by atoms with E-state index in [0.29, 0.717) is 0 Å². The maximum Gasteiger partial charge on any atom is 0.114 e. The Morgan fingerprint density at radius 3 is 2.88 bits per heavy atom. The fourth-order valence-corrected chi connectivity index (χ4v) is 0.686. The molecule has 3 nitrogen and oxygen atoms in total. The largest absolute Gasteiger partial charge is 0.283 e. The molecule has 1 aliphatic heterocycles. The van der Waals surface area contributed by atoms with Crippen LogP contribution in [0, 0.1) is 0 Å². The third kappa shape index (κ3) is 0.297. The molecular formula is C5H4N2O. The SMILES string of the molecule is ON1c2ccncc21. The van der Waals surface area contributed by atoms with E-state index in [4.69, 9.17) is 5.21 Å². The maximum atomic E-state index is 8.74. The van der Waals surface area contributed by atoms with Gasteiger partial charge in [-0.15, -0.1) is 0 Å². The van der Waals surface area contributed by atoms with Gasteiger partial charge < -0.3 is 0 Å². The lowest BCUT2D eigenvalue weighted by molar-refractivity contribution is 0.330. The first-order valence-electron chi connectivity index (χ1n) is 2.32. The third-order valence-electron chi connectivity index (χ3n) is 1.18. The minimum atomic E-state index is 0.813. The molecular weight excluding hydrogens is 104 g/mol. The fraction of sp³-hybridized carbons (Fsp3) is 0. The minimum Gasteiger partial charge on any atom is -0.283 e. The summed E-state index contributed by atoms with van der Waals surface area (Å²) < 4.78 is 0. The highest BCUT2D eigenvalue weighted by molar-refractivity contribution is 5.88. The molecule has 0 saturated heterocycles. The predicted molar refractivity (Wildman–Crippen MR) is 28.2 cm³/mol. The summed E-state index contributed by atoms with van der Waals surface area (Å²) >= 11 is 0. The highest BCUT2D eigenvalue weighted by atomic mass is 16.5. The number of rotatable bonds is 0. The van der Waals surface area contributed by atoms with Crippen LogP contribution in [0.1, 0.15) is 0 Å². The first-order chi connectivity index (χ1) is 3.89. The monoisotopic (exact) mass is 108 g/mol. The first kappa shape index (κ1) is 3.86. The Kier molecular flexibility index (Phi) is 0.484. The Morgan fingerprint density at radius 1 is 1.50 bits per heavy atom. The molecule has 2 heterocycles. The topological polar surface area (TPSA) is 36.1 Å². The summed E-state index contributed by atoms with van der Waals surface area (Å²) in [6, 6.07) is 1.76. The summed E-state index contributed by atoms with van der Waals surface area (Å²) in [5, 5.41) is 9.85. The molecule has 0 atom stereocenters. The van der Waals surface area contributed by atoms with Crippen molar-refractivity contribution in [1.82, 2.24) is 4.98 Å². The van der Waals surface area contributed by atoms with Gasteiger partial charge in [-0.25, -0.2) is 5.06 Å². The Morgan fingerprint density at radius 2 is 2.38 bits per heavy atom. The van der Waals surface area contributed by atoms with Crippen LogP contribution in [0.5, 0.6) is 0 Å². The first-order valence-corrected chi connectivity index (χ1v) is 2.32. The quantitative estimate of drug-likeness (QED) is 0.502. The Labute approximate surface area is 46.2 Å². The molecule has 8 heavy (non-hydrogen) atoms. The molecule has 0 radical (unpaired) electrons. The van der Waals surface area contributed by atoms with Crippen LogP contribution in [0.3, 0.4) is 0 Å². The van der Waals surface area contributed by atoms with Gasteiger partial charge >= 0.3 is 0 Å². The van der Waals surface area contributed by atoms with Crippen molar-refractivity contribution in [3.8, 4) is 0 Å². The van der Waals surface area contributed by atoms with Crippen molar-refractivity contribution >= 4 is 11.4 Å². The van der Waals surface area contributed by atoms with Crippen LogP contribution in [0.4, 0.5) is 11.4 Å². The highest BCUT2D eigenvalue weighted by Crippen LogP contribution is 2.43. The molecule has 0 unspecified atom stereocenters. The second-order valence-corrected chi connectivity index (χ2v) is 1.68. The summed E-state index contributed by atoms with van der Waals surface area (Å²) in [6.45, 7) is 0. The third-order valence-corrected chi connectivity index (χ3v) is 1.18. The average Bonchev–Trinajstić information content (AvgIpc) is 2.46. The van der Waals surface area contributed by atoms with E-state index in [1.165, 1.54) is 0 Å². The average molecular weight is 108 g/mol. The number of hydrogen-bond donors (Lipinski definition) is 1. The van der Waals surface area contributed by atoms with Gasteiger partial charge in [0.05, 0.1) is 11.9 Å². The molecule has 1 aromatic rings. The van der Waals surface area contributed by atoms with E-state index in [0.717, 1.165) is 16.4 Å². The zero-order valence-electron chi connectivity index (χ0n) is 4.07. The van der Waals surface area contributed by atoms with E-state index < -0.39 is 0 Å². The second kappa shape index (κ2) is 1.00. The number of fused-ring (bicyclic) bond motifs is 1. The summed E-state index contributed by atoms with van der Waals surface area (Å²) in [4.78, 5) is 3.79. The number of aromatic nitrogens is 1. The van der Waals surface area contributed by atoms with E-state index in [1.807, 2.05) is 0 Å². The van der Waals surface area contributed by atoms with Crippen molar-refractivity contribution in [2.75, 3.05) is 5.06 Å². The molecule has 0 amide bonds. The van der Waals surface area contributed by atoms with Gasteiger partial charge in [0.2, 0.25) is 0 Å². The normalized spacial score (nSPS) is 13.4. The van der Waals surface area contributed by atoms with Crippen LogP contribution in [-0.4, -0.2) is 10.2 Å². The molecule has 0 spiro atoms.